The fourth-order valence-electron chi connectivity index (χ4n) is 1.96. The molecule has 0 saturated carbocycles. The minimum Gasteiger partial charge on any atom is -0.497 e. The van der Waals surface area contributed by atoms with Crippen LogP contribution in [0, 0.1) is 0 Å². The van der Waals surface area contributed by atoms with Gasteiger partial charge in [0, 0.05) is 10.9 Å². The molecule has 2 atom stereocenters. The van der Waals surface area contributed by atoms with Crippen LogP contribution >= 0.6 is 11.8 Å². The quantitative estimate of drug-likeness (QED) is 0.744. The molecule has 6 heteroatoms. The summed E-state index contributed by atoms with van der Waals surface area (Å²) in [6.45, 7) is 5.34. The Morgan fingerprint density at radius 3 is 2.32 bits per heavy atom. The van der Waals surface area contributed by atoms with Gasteiger partial charge >= 0.3 is 5.97 Å². The van der Waals surface area contributed by atoms with Crippen molar-refractivity contribution in [2.75, 3.05) is 13.7 Å². The molecule has 1 rings (SSSR count). The van der Waals surface area contributed by atoms with E-state index in [9.17, 15) is 9.59 Å². The molecule has 0 bridgehead atoms. The van der Waals surface area contributed by atoms with Gasteiger partial charge in [-0.25, -0.2) is 0 Å². The van der Waals surface area contributed by atoms with Gasteiger partial charge in [-0.15, -0.1) is 11.8 Å². The summed E-state index contributed by atoms with van der Waals surface area (Å²) in [5.74, 6) is -0.386. The smallest absolute Gasteiger partial charge is 0.323 e. The summed E-state index contributed by atoms with van der Waals surface area (Å²) in [5, 5.41) is 8.65. The molecule has 0 aromatic heterocycles. The third kappa shape index (κ3) is 5.26. The van der Waals surface area contributed by atoms with Crippen molar-refractivity contribution in [1.82, 2.24) is 4.90 Å². The van der Waals surface area contributed by atoms with Gasteiger partial charge in [0.05, 0.1) is 12.4 Å². The number of aliphatic carboxylic acids is 1. The number of carboxylic acid groups (broad SMARTS) is 1. The fourth-order valence-corrected chi connectivity index (χ4v) is 2.90. The zero-order valence-corrected chi connectivity index (χ0v) is 14.2. The van der Waals surface area contributed by atoms with Crippen LogP contribution in [0.15, 0.2) is 29.2 Å². The molecule has 5 nitrogen and oxygen atoms in total. The van der Waals surface area contributed by atoms with Crippen LogP contribution in [0.2, 0.25) is 0 Å². The molecule has 0 spiro atoms. The Balaban J connectivity index is 2.77. The van der Waals surface area contributed by atoms with Crippen LogP contribution in [0.4, 0.5) is 0 Å². The molecule has 22 heavy (non-hydrogen) atoms. The second-order valence-corrected chi connectivity index (χ2v) is 6.47. The predicted molar refractivity (Wildman–Crippen MR) is 87.4 cm³/mol. The maximum Gasteiger partial charge on any atom is 0.323 e. The lowest BCUT2D eigenvalue weighted by atomic mass is 10.2. The van der Waals surface area contributed by atoms with Gasteiger partial charge in [0.1, 0.15) is 12.3 Å². The number of nitrogens with zero attached hydrogens (tertiary/aromatic N) is 1. The second kappa shape index (κ2) is 8.68. The van der Waals surface area contributed by atoms with Gasteiger partial charge in [0.2, 0.25) is 5.91 Å². The van der Waals surface area contributed by atoms with E-state index in [0.717, 1.165) is 17.1 Å². The first kappa shape index (κ1) is 18.4. The SMILES string of the molecule is CCC(C)N(CC(=O)O)C(=O)C(C)Sc1ccc(OC)cc1. The van der Waals surface area contributed by atoms with Crippen molar-refractivity contribution in [2.24, 2.45) is 0 Å². The third-order valence-corrected chi connectivity index (χ3v) is 4.53. The van der Waals surface area contributed by atoms with E-state index < -0.39 is 5.97 Å². The van der Waals surface area contributed by atoms with Gasteiger partial charge in [-0.05, 0) is 44.5 Å². The molecule has 2 unspecified atom stereocenters. The summed E-state index contributed by atoms with van der Waals surface area (Å²) in [4.78, 5) is 25.9. The molecule has 1 aromatic carbocycles. The molecule has 0 saturated heterocycles. The molecule has 1 aromatic rings. The van der Waals surface area contributed by atoms with Crippen LogP contribution in [0.5, 0.6) is 5.75 Å². The van der Waals surface area contributed by atoms with Crippen LogP contribution in [0.3, 0.4) is 0 Å². The summed E-state index contributed by atoms with van der Waals surface area (Å²) < 4.78 is 5.10. The average Bonchev–Trinajstić information content (AvgIpc) is 2.51. The Bertz CT molecular complexity index is 503. The lowest BCUT2D eigenvalue weighted by Gasteiger charge is -2.29. The number of hydrogen-bond donors (Lipinski definition) is 1. The molecular weight excluding hydrogens is 302 g/mol. The molecular formula is C16H23NO4S. The molecule has 122 valence electrons. The Labute approximate surface area is 135 Å². The number of ether oxygens (including phenoxy) is 1. The van der Waals surface area contributed by atoms with Gasteiger partial charge in [-0.3, -0.25) is 9.59 Å². The minimum absolute atomic E-state index is 0.0949. The van der Waals surface area contributed by atoms with Crippen molar-refractivity contribution in [2.45, 2.75) is 43.4 Å². The normalized spacial score (nSPS) is 13.3. The number of carbonyl (C=O) groups is 2. The van der Waals surface area contributed by atoms with Gasteiger partial charge in [0.25, 0.3) is 0 Å². The average molecular weight is 325 g/mol. The zero-order valence-electron chi connectivity index (χ0n) is 13.4. The summed E-state index contributed by atoms with van der Waals surface area (Å²) >= 11 is 1.41. The van der Waals surface area contributed by atoms with Crippen LogP contribution in [0.25, 0.3) is 0 Å². The number of carboxylic acids is 1. The number of benzene rings is 1. The third-order valence-electron chi connectivity index (χ3n) is 3.43. The van der Waals surface area contributed by atoms with Crippen molar-refractivity contribution >= 4 is 23.6 Å². The van der Waals surface area contributed by atoms with E-state index >= 15 is 0 Å². The Hall–Kier alpha value is -1.69. The van der Waals surface area contributed by atoms with Crippen LogP contribution in [-0.4, -0.2) is 46.8 Å². The van der Waals surface area contributed by atoms with E-state index in [1.807, 2.05) is 38.1 Å². The number of methoxy groups -OCH3 is 1. The Morgan fingerprint density at radius 2 is 1.86 bits per heavy atom. The van der Waals surface area contributed by atoms with Gasteiger partial charge in [0.15, 0.2) is 0 Å². The van der Waals surface area contributed by atoms with Crippen LogP contribution in [0.1, 0.15) is 27.2 Å². The van der Waals surface area contributed by atoms with Crippen molar-refractivity contribution in [3.8, 4) is 5.75 Å². The van der Waals surface area contributed by atoms with Gasteiger partial charge < -0.3 is 14.7 Å². The molecule has 1 amide bonds. The van der Waals surface area contributed by atoms with Crippen molar-refractivity contribution in [3.63, 3.8) is 0 Å². The van der Waals surface area contributed by atoms with Crippen molar-refractivity contribution in [3.05, 3.63) is 24.3 Å². The topological polar surface area (TPSA) is 66.8 Å². The summed E-state index contributed by atoms with van der Waals surface area (Å²) in [7, 11) is 1.60. The zero-order chi connectivity index (χ0) is 16.7. The van der Waals surface area contributed by atoms with Gasteiger partial charge in [-0.2, -0.15) is 0 Å². The lowest BCUT2D eigenvalue weighted by Crippen LogP contribution is -2.45. The lowest BCUT2D eigenvalue weighted by molar-refractivity contribution is -0.145. The Kier molecular flexibility index (Phi) is 7.24. The molecule has 0 heterocycles. The molecule has 0 aliphatic rings. The Morgan fingerprint density at radius 1 is 1.27 bits per heavy atom. The highest BCUT2D eigenvalue weighted by molar-refractivity contribution is 8.00. The monoisotopic (exact) mass is 325 g/mol. The predicted octanol–water partition coefficient (Wildman–Crippen LogP) is 2.89. The maximum absolute atomic E-state index is 12.5. The molecule has 1 N–H and O–H groups in total. The summed E-state index contributed by atoms with van der Waals surface area (Å²) in [5.41, 5.74) is 0. The van der Waals surface area contributed by atoms with Crippen molar-refractivity contribution in [1.29, 1.82) is 0 Å². The molecule has 0 radical (unpaired) electrons. The second-order valence-electron chi connectivity index (χ2n) is 5.05. The molecule has 0 aliphatic heterocycles. The largest absolute Gasteiger partial charge is 0.497 e. The standard InChI is InChI=1S/C16H23NO4S/c1-5-11(2)17(10-15(18)19)16(20)12(3)22-14-8-6-13(21-4)7-9-14/h6-9,11-12H,5,10H2,1-4H3,(H,18,19). The first-order chi connectivity index (χ1) is 10.4. The number of carbonyl (C=O) groups excluding carboxylic acids is 1. The minimum atomic E-state index is -0.990. The first-order valence-electron chi connectivity index (χ1n) is 7.22. The van der Waals surface area contributed by atoms with E-state index in [4.69, 9.17) is 9.84 Å². The van der Waals surface area contributed by atoms with E-state index in [-0.39, 0.29) is 23.7 Å². The highest BCUT2D eigenvalue weighted by Crippen LogP contribution is 2.27. The number of hydrogen-bond acceptors (Lipinski definition) is 4. The van der Waals surface area contributed by atoms with E-state index in [1.54, 1.807) is 14.0 Å². The maximum atomic E-state index is 12.5. The number of thioether (sulfide) groups is 1. The fraction of sp³-hybridized carbons (Fsp3) is 0.500. The van der Waals surface area contributed by atoms with Gasteiger partial charge in [-0.1, -0.05) is 6.92 Å². The summed E-state index contributed by atoms with van der Waals surface area (Å²) in [6, 6.07) is 7.35. The van der Waals surface area contributed by atoms with Crippen LogP contribution < -0.4 is 4.74 Å². The first-order valence-corrected chi connectivity index (χ1v) is 8.10. The highest BCUT2D eigenvalue weighted by Gasteiger charge is 2.26. The number of rotatable bonds is 8. The number of amides is 1. The van der Waals surface area contributed by atoms with Crippen molar-refractivity contribution < 1.29 is 19.4 Å². The molecule has 0 fully saturated rings. The van der Waals surface area contributed by atoms with E-state index in [2.05, 4.69) is 0 Å². The highest BCUT2D eigenvalue weighted by atomic mass is 32.2. The van der Waals surface area contributed by atoms with Crippen LogP contribution in [-0.2, 0) is 9.59 Å². The summed E-state index contributed by atoms with van der Waals surface area (Å²) in [6.07, 6.45) is 0.721. The molecule has 0 aliphatic carbocycles. The van der Waals surface area contributed by atoms with E-state index in [0.29, 0.717) is 0 Å². The van der Waals surface area contributed by atoms with E-state index in [1.165, 1.54) is 16.7 Å².